The number of hydrogen-bond acceptors (Lipinski definition) is 3. The number of rotatable bonds is 5. The molecule has 0 aromatic heterocycles. The summed E-state index contributed by atoms with van der Waals surface area (Å²) in [6.45, 7) is 1.73. The van der Waals surface area contributed by atoms with Gasteiger partial charge in [-0.2, -0.15) is 0 Å². The Kier molecular flexibility index (Phi) is 5.69. The molecule has 0 saturated carbocycles. The Morgan fingerprint density at radius 2 is 2.04 bits per heavy atom. The van der Waals surface area contributed by atoms with Gasteiger partial charge in [-0.05, 0) is 42.7 Å². The predicted octanol–water partition coefficient (Wildman–Crippen LogP) is 4.13. The molecule has 0 radical (unpaired) electrons. The molecule has 2 aromatic rings. The molecule has 7 heteroatoms. The second kappa shape index (κ2) is 7.98. The number of aryl methyl sites for hydroxylation is 1. The van der Waals surface area contributed by atoms with Crippen molar-refractivity contribution in [1.29, 1.82) is 0 Å². The SMILES string of the molecule is CC(NC(=O)COc1cc(Cl)ccc1Cl)c1ccc2c(c1)CCC(=O)N2. The molecule has 26 heavy (non-hydrogen) atoms. The Bertz CT molecular complexity index is 855. The highest BCUT2D eigenvalue weighted by Gasteiger charge is 2.17. The summed E-state index contributed by atoms with van der Waals surface area (Å²) in [5.41, 5.74) is 2.88. The number of halogens is 2. The van der Waals surface area contributed by atoms with Gasteiger partial charge in [-0.25, -0.2) is 0 Å². The summed E-state index contributed by atoms with van der Waals surface area (Å²) >= 11 is 11.9. The Morgan fingerprint density at radius 3 is 2.85 bits per heavy atom. The minimum atomic E-state index is -0.264. The van der Waals surface area contributed by atoms with E-state index in [1.54, 1.807) is 18.2 Å². The lowest BCUT2D eigenvalue weighted by molar-refractivity contribution is -0.123. The monoisotopic (exact) mass is 392 g/mol. The number of benzene rings is 2. The molecule has 0 spiro atoms. The van der Waals surface area contributed by atoms with Crippen molar-refractivity contribution >= 4 is 40.7 Å². The summed E-state index contributed by atoms with van der Waals surface area (Å²) in [6.07, 6.45) is 1.18. The first-order valence-corrected chi connectivity index (χ1v) is 8.98. The maximum absolute atomic E-state index is 12.2. The lowest BCUT2D eigenvalue weighted by atomic mass is 9.98. The van der Waals surface area contributed by atoms with E-state index < -0.39 is 0 Å². The van der Waals surface area contributed by atoms with Crippen molar-refractivity contribution in [3.8, 4) is 5.75 Å². The van der Waals surface area contributed by atoms with Gasteiger partial charge in [0.15, 0.2) is 6.61 Å². The maximum atomic E-state index is 12.2. The molecule has 1 unspecified atom stereocenters. The van der Waals surface area contributed by atoms with Crippen LogP contribution in [0.3, 0.4) is 0 Å². The molecule has 2 amide bonds. The molecule has 2 aromatic carbocycles. The number of carbonyl (C=O) groups is 2. The lowest BCUT2D eigenvalue weighted by Crippen LogP contribution is -2.31. The zero-order valence-electron chi connectivity index (χ0n) is 14.1. The van der Waals surface area contributed by atoms with Gasteiger partial charge in [0.05, 0.1) is 11.1 Å². The van der Waals surface area contributed by atoms with E-state index in [0.29, 0.717) is 28.6 Å². The highest BCUT2D eigenvalue weighted by Crippen LogP contribution is 2.28. The number of ether oxygens (including phenoxy) is 1. The zero-order chi connectivity index (χ0) is 18.7. The molecule has 0 aliphatic carbocycles. The fourth-order valence-electron chi connectivity index (χ4n) is 2.77. The van der Waals surface area contributed by atoms with E-state index in [2.05, 4.69) is 10.6 Å². The third kappa shape index (κ3) is 4.48. The number of fused-ring (bicyclic) bond motifs is 1. The molecule has 0 bridgehead atoms. The fraction of sp³-hybridized carbons (Fsp3) is 0.263. The van der Waals surface area contributed by atoms with Crippen LogP contribution < -0.4 is 15.4 Å². The second-order valence-electron chi connectivity index (χ2n) is 6.12. The summed E-state index contributed by atoms with van der Waals surface area (Å²) in [6, 6.07) is 10.4. The highest BCUT2D eigenvalue weighted by molar-refractivity contribution is 6.34. The Morgan fingerprint density at radius 1 is 1.23 bits per heavy atom. The number of nitrogens with one attached hydrogen (secondary N) is 2. The summed E-state index contributed by atoms with van der Waals surface area (Å²) in [7, 11) is 0. The van der Waals surface area contributed by atoms with Gasteiger partial charge in [0.25, 0.3) is 5.91 Å². The van der Waals surface area contributed by atoms with Crippen LogP contribution in [-0.4, -0.2) is 18.4 Å². The van der Waals surface area contributed by atoms with Crippen molar-refractivity contribution in [1.82, 2.24) is 5.32 Å². The summed E-state index contributed by atoms with van der Waals surface area (Å²) in [4.78, 5) is 23.6. The molecule has 1 aliphatic heterocycles. The highest BCUT2D eigenvalue weighted by atomic mass is 35.5. The van der Waals surface area contributed by atoms with Gasteiger partial charge in [-0.15, -0.1) is 0 Å². The minimum Gasteiger partial charge on any atom is -0.482 e. The second-order valence-corrected chi connectivity index (χ2v) is 6.96. The topological polar surface area (TPSA) is 67.4 Å². The Labute approximate surface area is 161 Å². The molecule has 136 valence electrons. The zero-order valence-corrected chi connectivity index (χ0v) is 15.7. The van der Waals surface area contributed by atoms with Crippen LogP contribution in [0, 0.1) is 0 Å². The smallest absolute Gasteiger partial charge is 0.258 e. The van der Waals surface area contributed by atoms with E-state index in [1.165, 1.54) is 0 Å². The largest absolute Gasteiger partial charge is 0.482 e. The van der Waals surface area contributed by atoms with Gasteiger partial charge >= 0.3 is 0 Å². The number of amides is 2. The van der Waals surface area contributed by atoms with Crippen molar-refractivity contribution in [2.45, 2.75) is 25.8 Å². The van der Waals surface area contributed by atoms with E-state index in [1.807, 2.05) is 25.1 Å². The van der Waals surface area contributed by atoms with Crippen molar-refractivity contribution in [3.05, 3.63) is 57.6 Å². The summed E-state index contributed by atoms with van der Waals surface area (Å²) in [5.74, 6) is 0.134. The normalized spacial score (nSPS) is 14.2. The van der Waals surface area contributed by atoms with Gasteiger partial charge in [0.2, 0.25) is 5.91 Å². The number of carbonyl (C=O) groups excluding carboxylic acids is 2. The maximum Gasteiger partial charge on any atom is 0.258 e. The molecule has 0 fully saturated rings. The predicted molar refractivity (Wildman–Crippen MR) is 102 cm³/mol. The number of anilines is 1. The van der Waals surface area contributed by atoms with E-state index in [4.69, 9.17) is 27.9 Å². The Balaban J connectivity index is 1.59. The fourth-order valence-corrected chi connectivity index (χ4v) is 3.10. The van der Waals surface area contributed by atoms with E-state index in [-0.39, 0.29) is 24.5 Å². The van der Waals surface area contributed by atoms with Crippen molar-refractivity contribution < 1.29 is 14.3 Å². The molecular formula is C19H18Cl2N2O3. The van der Waals surface area contributed by atoms with Crippen molar-refractivity contribution in [3.63, 3.8) is 0 Å². The van der Waals surface area contributed by atoms with Crippen LogP contribution in [0.4, 0.5) is 5.69 Å². The number of hydrogen-bond donors (Lipinski definition) is 2. The van der Waals surface area contributed by atoms with Crippen LogP contribution in [0.2, 0.25) is 10.0 Å². The first-order valence-electron chi connectivity index (χ1n) is 8.22. The molecule has 3 rings (SSSR count). The van der Waals surface area contributed by atoms with Gasteiger partial charge in [0.1, 0.15) is 5.75 Å². The molecule has 1 atom stereocenters. The van der Waals surface area contributed by atoms with Crippen LogP contribution in [0.25, 0.3) is 0 Å². The van der Waals surface area contributed by atoms with Gasteiger partial charge < -0.3 is 15.4 Å². The lowest BCUT2D eigenvalue weighted by Gasteiger charge is -2.20. The average molecular weight is 393 g/mol. The van der Waals surface area contributed by atoms with Gasteiger partial charge in [-0.1, -0.05) is 35.3 Å². The van der Waals surface area contributed by atoms with E-state index in [9.17, 15) is 9.59 Å². The summed E-state index contributed by atoms with van der Waals surface area (Å²) in [5, 5.41) is 6.62. The minimum absolute atomic E-state index is 0.0310. The van der Waals surface area contributed by atoms with E-state index >= 15 is 0 Å². The van der Waals surface area contributed by atoms with Crippen LogP contribution in [0.5, 0.6) is 5.75 Å². The third-order valence-electron chi connectivity index (χ3n) is 4.15. The van der Waals surface area contributed by atoms with Crippen molar-refractivity contribution in [2.24, 2.45) is 0 Å². The third-order valence-corrected chi connectivity index (χ3v) is 4.70. The first-order chi connectivity index (χ1) is 12.4. The van der Waals surface area contributed by atoms with Crippen molar-refractivity contribution in [2.75, 3.05) is 11.9 Å². The van der Waals surface area contributed by atoms with Crippen LogP contribution in [0.15, 0.2) is 36.4 Å². The average Bonchev–Trinajstić information content (AvgIpc) is 2.62. The Hall–Kier alpha value is -2.24. The molecule has 1 heterocycles. The molecule has 0 saturated heterocycles. The van der Waals surface area contributed by atoms with Crippen LogP contribution in [0.1, 0.15) is 30.5 Å². The van der Waals surface area contributed by atoms with Gasteiger partial charge in [0, 0.05) is 23.2 Å². The molecular weight excluding hydrogens is 375 g/mol. The van der Waals surface area contributed by atoms with E-state index in [0.717, 1.165) is 16.8 Å². The first kappa shape index (κ1) is 18.5. The van der Waals surface area contributed by atoms with Gasteiger partial charge in [-0.3, -0.25) is 9.59 Å². The molecule has 1 aliphatic rings. The molecule has 5 nitrogen and oxygen atoms in total. The quantitative estimate of drug-likeness (QED) is 0.803. The molecule has 2 N–H and O–H groups in total. The van der Waals surface area contributed by atoms with Crippen LogP contribution in [-0.2, 0) is 16.0 Å². The van der Waals surface area contributed by atoms with Crippen LogP contribution >= 0.6 is 23.2 Å². The summed E-state index contributed by atoms with van der Waals surface area (Å²) < 4.78 is 5.44. The standard InChI is InChI=1S/C19H18Cl2N2O3/c1-11(12-2-6-16-13(8-12)3-7-18(24)23-16)22-19(25)10-26-17-9-14(20)4-5-15(17)21/h2,4-6,8-9,11H,3,7,10H2,1H3,(H,22,25)(H,23,24).